The van der Waals surface area contributed by atoms with Gasteiger partial charge in [-0.2, -0.15) is 0 Å². The molecule has 1 saturated heterocycles. The summed E-state index contributed by atoms with van der Waals surface area (Å²) in [6, 6.07) is 0. The summed E-state index contributed by atoms with van der Waals surface area (Å²) < 4.78 is 17.0. The molecule has 0 spiro atoms. The summed E-state index contributed by atoms with van der Waals surface area (Å²) >= 11 is 0. The molecule has 0 aromatic carbocycles. The van der Waals surface area contributed by atoms with E-state index < -0.39 is 43.4 Å². The topological polar surface area (TPSA) is 146 Å². The van der Waals surface area contributed by atoms with Crippen molar-refractivity contribution in [2.75, 3.05) is 13.2 Å². The molecule has 38 heavy (non-hydrogen) atoms. The molecule has 4 fully saturated rings. The first-order valence-electron chi connectivity index (χ1n) is 14.3. The summed E-state index contributed by atoms with van der Waals surface area (Å²) in [5.41, 5.74) is 1.98. The fourth-order valence-electron chi connectivity index (χ4n) is 9.37. The highest BCUT2D eigenvalue weighted by Crippen LogP contribution is 2.67. The number of aliphatic hydroxyl groups is 5. The molecule has 4 aliphatic carbocycles. The van der Waals surface area contributed by atoms with E-state index in [4.69, 9.17) is 14.2 Å². The first-order valence-corrected chi connectivity index (χ1v) is 14.3. The second kappa shape index (κ2) is 9.65. The summed E-state index contributed by atoms with van der Waals surface area (Å²) in [5.74, 6) is 1.16. The van der Waals surface area contributed by atoms with E-state index in [1.807, 2.05) is 6.08 Å². The molecular formula is C29H42O9. The van der Waals surface area contributed by atoms with Gasteiger partial charge in [0.2, 0.25) is 0 Å². The van der Waals surface area contributed by atoms with Crippen LogP contribution in [0.2, 0.25) is 0 Å². The lowest BCUT2D eigenvalue weighted by Gasteiger charge is -2.61. The maximum absolute atomic E-state index is 11.8. The zero-order valence-electron chi connectivity index (χ0n) is 22.2. The van der Waals surface area contributed by atoms with Gasteiger partial charge < -0.3 is 39.7 Å². The Labute approximate surface area is 223 Å². The summed E-state index contributed by atoms with van der Waals surface area (Å²) in [7, 11) is 0. The number of aliphatic hydroxyl groups excluding tert-OH is 5. The quantitative estimate of drug-likeness (QED) is 0.265. The highest BCUT2D eigenvalue weighted by atomic mass is 16.7. The number of ether oxygens (including phenoxy) is 3. The predicted octanol–water partition coefficient (Wildman–Crippen LogP) is 1.20. The lowest BCUT2D eigenvalue weighted by molar-refractivity contribution is -0.316. The standard InChI is InChI=1S/C29H42O9/c1-28-7-5-16(37-27-26(35)25(34)24(33)21(12-30)38-27)10-15(28)3-4-17-18(28)6-8-29(2)19(11-20(31)23(17)29)14-9-22(32)36-13-14/h9,11,15-18,20-21,23-27,30-31,33-35H,3-8,10,12-13H2,1-2H3/t15-,16+,17-,18?,20-,21-,23+,24-,25-,26-,27-,28+,29-/m1/s1. The normalized spacial score (nSPS) is 52.4. The van der Waals surface area contributed by atoms with Crippen molar-refractivity contribution in [1.29, 1.82) is 0 Å². The summed E-state index contributed by atoms with van der Waals surface area (Å²) in [5, 5.41) is 51.5. The molecule has 6 rings (SSSR count). The molecule has 5 N–H and O–H groups in total. The highest BCUT2D eigenvalue weighted by Gasteiger charge is 2.61. The zero-order valence-corrected chi connectivity index (χ0v) is 22.2. The van der Waals surface area contributed by atoms with Gasteiger partial charge in [-0.1, -0.05) is 19.9 Å². The fraction of sp³-hybridized carbons (Fsp3) is 0.828. The van der Waals surface area contributed by atoms with E-state index in [1.54, 1.807) is 6.08 Å². The maximum atomic E-state index is 11.8. The van der Waals surface area contributed by atoms with Gasteiger partial charge >= 0.3 is 5.97 Å². The van der Waals surface area contributed by atoms with Crippen molar-refractivity contribution < 1.29 is 44.5 Å². The van der Waals surface area contributed by atoms with Crippen molar-refractivity contribution in [1.82, 2.24) is 0 Å². The Hall–Kier alpha value is -1.33. The van der Waals surface area contributed by atoms with Crippen molar-refractivity contribution in [2.24, 2.45) is 34.5 Å². The third-order valence-electron chi connectivity index (χ3n) is 11.4. The molecule has 0 amide bonds. The van der Waals surface area contributed by atoms with Gasteiger partial charge in [0.25, 0.3) is 0 Å². The first-order chi connectivity index (χ1) is 18.1. The fourth-order valence-corrected chi connectivity index (χ4v) is 9.37. The smallest absolute Gasteiger partial charge is 0.331 e. The third-order valence-corrected chi connectivity index (χ3v) is 11.4. The Morgan fingerprint density at radius 3 is 2.53 bits per heavy atom. The minimum absolute atomic E-state index is 0.119. The van der Waals surface area contributed by atoms with Gasteiger partial charge in [-0.25, -0.2) is 4.79 Å². The number of fused-ring (bicyclic) bond motifs is 5. The molecule has 212 valence electrons. The van der Waals surface area contributed by atoms with Crippen LogP contribution in [0.4, 0.5) is 0 Å². The lowest BCUT2D eigenvalue weighted by Crippen LogP contribution is -2.60. The number of carbonyl (C=O) groups excluding carboxylic acids is 1. The van der Waals surface area contributed by atoms with Gasteiger partial charge in [0.1, 0.15) is 31.0 Å². The van der Waals surface area contributed by atoms with Crippen molar-refractivity contribution >= 4 is 5.97 Å². The van der Waals surface area contributed by atoms with E-state index in [2.05, 4.69) is 13.8 Å². The minimum Gasteiger partial charge on any atom is -0.458 e. The second-order valence-corrected chi connectivity index (χ2v) is 13.1. The number of hydrogen-bond donors (Lipinski definition) is 5. The zero-order chi connectivity index (χ0) is 27.0. The second-order valence-electron chi connectivity index (χ2n) is 13.1. The molecule has 0 radical (unpaired) electrons. The Morgan fingerprint density at radius 2 is 1.82 bits per heavy atom. The Morgan fingerprint density at radius 1 is 1.03 bits per heavy atom. The number of hydrogen-bond acceptors (Lipinski definition) is 9. The van der Waals surface area contributed by atoms with Crippen LogP contribution in [0.5, 0.6) is 0 Å². The molecule has 2 heterocycles. The molecule has 13 atom stereocenters. The molecule has 0 aromatic heterocycles. The van der Waals surface area contributed by atoms with E-state index in [0.29, 0.717) is 24.4 Å². The lowest BCUT2D eigenvalue weighted by atomic mass is 9.44. The molecule has 2 aliphatic heterocycles. The van der Waals surface area contributed by atoms with Gasteiger partial charge in [-0.15, -0.1) is 0 Å². The van der Waals surface area contributed by atoms with Crippen LogP contribution in [0.15, 0.2) is 23.3 Å². The van der Waals surface area contributed by atoms with Crippen molar-refractivity contribution in [3.63, 3.8) is 0 Å². The monoisotopic (exact) mass is 534 g/mol. The number of rotatable bonds is 4. The average Bonchev–Trinajstić information content (AvgIpc) is 3.44. The molecule has 3 saturated carbocycles. The summed E-state index contributed by atoms with van der Waals surface area (Å²) in [6.07, 6.45) is 3.35. The van der Waals surface area contributed by atoms with E-state index in [-0.39, 0.29) is 28.8 Å². The van der Waals surface area contributed by atoms with Crippen LogP contribution >= 0.6 is 0 Å². The first kappa shape index (κ1) is 26.9. The largest absolute Gasteiger partial charge is 0.458 e. The van der Waals surface area contributed by atoms with Crippen LogP contribution < -0.4 is 0 Å². The highest BCUT2D eigenvalue weighted by molar-refractivity contribution is 5.86. The van der Waals surface area contributed by atoms with Gasteiger partial charge in [0.15, 0.2) is 6.29 Å². The van der Waals surface area contributed by atoms with Crippen LogP contribution in [-0.4, -0.2) is 87.6 Å². The van der Waals surface area contributed by atoms with Gasteiger partial charge in [-0.3, -0.25) is 0 Å². The number of esters is 1. The van der Waals surface area contributed by atoms with Crippen LogP contribution in [0, 0.1) is 34.5 Å². The van der Waals surface area contributed by atoms with Gasteiger partial charge in [0, 0.05) is 17.6 Å². The molecule has 6 aliphatic rings. The Balaban J connectivity index is 1.15. The van der Waals surface area contributed by atoms with Crippen LogP contribution in [-0.2, 0) is 19.0 Å². The molecule has 9 heteroatoms. The molecule has 0 aromatic rings. The predicted molar refractivity (Wildman–Crippen MR) is 134 cm³/mol. The molecular weight excluding hydrogens is 492 g/mol. The minimum atomic E-state index is -1.44. The van der Waals surface area contributed by atoms with E-state index in [9.17, 15) is 30.3 Å². The molecule has 1 unspecified atom stereocenters. The number of cyclic esters (lactones) is 1. The summed E-state index contributed by atoms with van der Waals surface area (Å²) in [4.78, 5) is 11.8. The third kappa shape index (κ3) is 4.04. The van der Waals surface area contributed by atoms with E-state index >= 15 is 0 Å². The Bertz CT molecular complexity index is 1010. The van der Waals surface area contributed by atoms with Gasteiger partial charge in [0.05, 0.1) is 18.8 Å². The summed E-state index contributed by atoms with van der Waals surface area (Å²) in [6.45, 7) is 4.49. The average molecular weight is 535 g/mol. The van der Waals surface area contributed by atoms with E-state index in [1.165, 1.54) is 0 Å². The van der Waals surface area contributed by atoms with Crippen molar-refractivity contribution in [2.45, 2.75) is 102 Å². The maximum Gasteiger partial charge on any atom is 0.331 e. The SMILES string of the molecule is C[C@]12CCC3[C@@H](CC[C@@H]4C[C@@H](O[C@@H]5O[C@H](CO)[C@@H](O)[C@@H](O)[C@H]5O)CC[C@]34C)[C@H]1[C@H](O)C=C2C1=CC(=O)OC1. The van der Waals surface area contributed by atoms with Gasteiger partial charge in [-0.05, 0) is 79.1 Å². The van der Waals surface area contributed by atoms with E-state index in [0.717, 1.165) is 56.1 Å². The van der Waals surface area contributed by atoms with Crippen LogP contribution in [0.3, 0.4) is 0 Å². The van der Waals surface area contributed by atoms with Crippen molar-refractivity contribution in [3.8, 4) is 0 Å². The van der Waals surface area contributed by atoms with Crippen molar-refractivity contribution in [3.05, 3.63) is 23.3 Å². The van der Waals surface area contributed by atoms with Crippen LogP contribution in [0.1, 0.15) is 58.8 Å². The Kier molecular flexibility index (Phi) is 6.82. The number of carbonyl (C=O) groups is 1. The molecule has 9 nitrogen and oxygen atoms in total. The van der Waals surface area contributed by atoms with Crippen LogP contribution in [0.25, 0.3) is 0 Å². The molecule has 0 bridgehead atoms.